The van der Waals surface area contributed by atoms with E-state index in [9.17, 15) is 10.4 Å². The molecule has 4 rings (SSSR count). The van der Waals surface area contributed by atoms with Crippen molar-refractivity contribution in [3.8, 4) is 11.8 Å². The summed E-state index contributed by atoms with van der Waals surface area (Å²) >= 11 is 1.51. The zero-order valence-electron chi connectivity index (χ0n) is 17.1. The molecule has 1 fully saturated rings. The summed E-state index contributed by atoms with van der Waals surface area (Å²) in [7, 11) is 1.58. The number of hydrogen-bond donors (Lipinski definition) is 3. The first-order valence-corrected chi connectivity index (χ1v) is 10.5. The Morgan fingerprint density at radius 3 is 2.87 bits per heavy atom. The number of nitrogens with zero attached hydrogens (tertiary/aromatic N) is 4. The first-order valence-electron chi connectivity index (χ1n) is 9.60. The molecule has 9 heteroatoms. The highest BCUT2D eigenvalue weighted by molar-refractivity contribution is 7.09. The lowest BCUT2D eigenvalue weighted by Crippen LogP contribution is -2.56. The second-order valence-electron chi connectivity index (χ2n) is 7.90. The fraction of sp³-hybridized carbons (Fsp3) is 0.381. The van der Waals surface area contributed by atoms with Crippen LogP contribution in [0.15, 0.2) is 41.1 Å². The fourth-order valence-electron chi connectivity index (χ4n) is 3.91. The molecule has 0 radical (unpaired) electrons. The molecular weight excluding hydrogens is 400 g/mol. The average molecular weight is 425 g/mol. The molecule has 2 atom stereocenters. The van der Waals surface area contributed by atoms with Gasteiger partial charge in [0.25, 0.3) is 0 Å². The van der Waals surface area contributed by atoms with Crippen LogP contribution < -0.4 is 15.8 Å². The molecule has 0 aliphatic carbocycles. The van der Waals surface area contributed by atoms with E-state index in [4.69, 9.17) is 15.5 Å². The summed E-state index contributed by atoms with van der Waals surface area (Å²) in [6.45, 7) is 4.84. The summed E-state index contributed by atoms with van der Waals surface area (Å²) in [5.74, 6) is 0.625. The van der Waals surface area contributed by atoms with Gasteiger partial charge in [-0.05, 0) is 32.4 Å². The lowest BCUT2D eigenvalue weighted by atomic mass is 9.95. The number of ether oxygens (including phenoxy) is 1. The first-order chi connectivity index (χ1) is 14.3. The number of nitrogens with two attached hydrogens (primary N) is 1. The van der Waals surface area contributed by atoms with Crippen molar-refractivity contribution in [2.24, 2.45) is 5.73 Å². The number of hydrogen-bond acceptors (Lipinski definition) is 9. The van der Waals surface area contributed by atoms with Gasteiger partial charge in [0.2, 0.25) is 0 Å². The molecule has 2 aliphatic heterocycles. The van der Waals surface area contributed by atoms with Crippen LogP contribution in [0, 0.1) is 18.3 Å². The van der Waals surface area contributed by atoms with Crippen LogP contribution in [0.1, 0.15) is 29.7 Å². The Hall–Kier alpha value is -2.93. The number of likely N-dealkylation sites (tertiary alicyclic amines) is 1. The predicted molar refractivity (Wildman–Crippen MR) is 114 cm³/mol. The van der Waals surface area contributed by atoms with Crippen molar-refractivity contribution in [3.05, 3.63) is 57.5 Å². The Morgan fingerprint density at radius 1 is 1.47 bits per heavy atom. The van der Waals surface area contributed by atoms with Crippen LogP contribution >= 0.6 is 11.3 Å². The number of thiazole rings is 1. The Bertz CT molecular complexity index is 1080. The van der Waals surface area contributed by atoms with Crippen LogP contribution in [-0.4, -0.2) is 45.8 Å². The maximum Gasteiger partial charge on any atom is 0.166 e. The van der Waals surface area contributed by atoms with Crippen LogP contribution in [0.25, 0.3) is 5.70 Å². The Kier molecular flexibility index (Phi) is 5.02. The molecule has 0 aromatic carbocycles. The second kappa shape index (κ2) is 7.40. The summed E-state index contributed by atoms with van der Waals surface area (Å²) < 4.78 is 5.34. The first kappa shape index (κ1) is 20.3. The van der Waals surface area contributed by atoms with Gasteiger partial charge >= 0.3 is 0 Å². The zero-order chi connectivity index (χ0) is 21.5. The van der Waals surface area contributed by atoms with Crippen molar-refractivity contribution in [1.29, 1.82) is 5.26 Å². The van der Waals surface area contributed by atoms with Crippen LogP contribution in [-0.2, 0) is 5.66 Å². The minimum absolute atomic E-state index is 0.311. The van der Waals surface area contributed by atoms with E-state index in [0.717, 1.165) is 10.7 Å². The molecule has 0 spiro atoms. The fourth-order valence-corrected chi connectivity index (χ4v) is 4.86. The molecule has 156 valence electrons. The quantitative estimate of drug-likeness (QED) is 0.680. The summed E-state index contributed by atoms with van der Waals surface area (Å²) in [6, 6.07) is 5.70. The average Bonchev–Trinajstić information content (AvgIpc) is 3.33. The summed E-state index contributed by atoms with van der Waals surface area (Å²) in [5, 5.41) is 26.8. The number of aromatic nitrogens is 2. The van der Waals surface area contributed by atoms with Gasteiger partial charge in [-0.1, -0.05) is 0 Å². The molecule has 30 heavy (non-hydrogen) atoms. The number of methoxy groups -OCH3 is 1. The van der Waals surface area contributed by atoms with Crippen molar-refractivity contribution >= 4 is 17.0 Å². The predicted octanol–water partition coefficient (Wildman–Crippen LogP) is 1.85. The molecule has 8 nitrogen and oxygen atoms in total. The third-order valence-corrected chi connectivity index (χ3v) is 6.53. The lowest BCUT2D eigenvalue weighted by molar-refractivity contribution is 0.0460. The third kappa shape index (κ3) is 3.43. The van der Waals surface area contributed by atoms with E-state index >= 15 is 0 Å². The third-order valence-electron chi connectivity index (χ3n) is 5.45. The standard InChI is InChI=1S/C21H24N6O2S/c1-13-11-30-19(25-13)21(27-7-5-20(2,28)12-27)9-16(23)15(10-22)18(26-21)17-8-14(29-3)4-6-24-17/h4,6,8-9,11,26,28H,5,7,12,23H2,1-3H3/t20?,21-/m1/s1. The molecule has 4 N–H and O–H groups in total. The smallest absolute Gasteiger partial charge is 0.166 e. The molecule has 2 aromatic heterocycles. The maximum atomic E-state index is 10.6. The van der Waals surface area contributed by atoms with E-state index in [1.165, 1.54) is 11.3 Å². The van der Waals surface area contributed by atoms with E-state index in [1.54, 1.807) is 25.4 Å². The molecular formula is C21H24N6O2S. The highest BCUT2D eigenvalue weighted by Crippen LogP contribution is 2.41. The summed E-state index contributed by atoms with van der Waals surface area (Å²) in [6.07, 6.45) is 4.08. The maximum absolute atomic E-state index is 10.6. The highest BCUT2D eigenvalue weighted by Gasteiger charge is 2.48. The molecule has 0 saturated carbocycles. The molecule has 0 bridgehead atoms. The monoisotopic (exact) mass is 424 g/mol. The topological polar surface area (TPSA) is 120 Å². The number of β-amino-alcohol motifs (C(OH)–C–C–N with tert-alkyl or cyclic N) is 1. The summed E-state index contributed by atoms with van der Waals surface area (Å²) in [4.78, 5) is 11.3. The number of pyridine rings is 1. The van der Waals surface area contributed by atoms with Gasteiger partial charge in [0.1, 0.15) is 22.4 Å². The van der Waals surface area contributed by atoms with Gasteiger partial charge in [-0.15, -0.1) is 11.3 Å². The van der Waals surface area contributed by atoms with E-state index in [-0.39, 0.29) is 0 Å². The number of dihydropyridines is 1. The van der Waals surface area contributed by atoms with Gasteiger partial charge in [0.05, 0.1) is 29.8 Å². The minimum Gasteiger partial charge on any atom is -0.497 e. The molecule has 2 aromatic rings. The minimum atomic E-state index is -0.899. The number of aryl methyl sites for hydroxylation is 1. The number of rotatable bonds is 4. The van der Waals surface area contributed by atoms with E-state index in [2.05, 4.69) is 21.3 Å². The molecule has 1 saturated heterocycles. The van der Waals surface area contributed by atoms with Crippen molar-refractivity contribution in [3.63, 3.8) is 0 Å². The van der Waals surface area contributed by atoms with Gasteiger partial charge < -0.3 is 20.9 Å². The number of allylic oxidation sites excluding steroid dienone is 1. The second-order valence-corrected chi connectivity index (χ2v) is 8.75. The molecule has 4 heterocycles. The van der Waals surface area contributed by atoms with Crippen molar-refractivity contribution in [2.45, 2.75) is 31.5 Å². The van der Waals surface area contributed by atoms with E-state index in [1.807, 2.05) is 25.3 Å². The van der Waals surface area contributed by atoms with Crippen LogP contribution in [0.3, 0.4) is 0 Å². The zero-order valence-corrected chi connectivity index (χ0v) is 18.0. The lowest BCUT2D eigenvalue weighted by Gasteiger charge is -2.43. The molecule has 2 aliphatic rings. The van der Waals surface area contributed by atoms with Crippen LogP contribution in [0.2, 0.25) is 0 Å². The van der Waals surface area contributed by atoms with Gasteiger partial charge in [0, 0.05) is 36.4 Å². The van der Waals surface area contributed by atoms with E-state index in [0.29, 0.717) is 47.9 Å². The van der Waals surface area contributed by atoms with E-state index < -0.39 is 11.3 Å². The van der Waals surface area contributed by atoms with Crippen molar-refractivity contribution < 1.29 is 9.84 Å². The largest absolute Gasteiger partial charge is 0.497 e. The number of nitriles is 1. The van der Waals surface area contributed by atoms with Gasteiger partial charge in [-0.2, -0.15) is 5.26 Å². The SMILES string of the molecule is COc1ccnc(C2=C(C#N)C(N)=C[C@](c3nc(C)cs3)(N3CCC(C)(O)C3)N2)c1. The Morgan fingerprint density at radius 2 is 2.27 bits per heavy atom. The Balaban J connectivity index is 1.89. The van der Waals surface area contributed by atoms with Crippen molar-refractivity contribution in [1.82, 2.24) is 20.2 Å². The van der Waals surface area contributed by atoms with Gasteiger partial charge in [-0.25, -0.2) is 4.98 Å². The number of aliphatic hydroxyl groups is 1. The summed E-state index contributed by atoms with van der Waals surface area (Å²) in [5.41, 5.74) is 7.30. The van der Waals surface area contributed by atoms with Crippen molar-refractivity contribution in [2.75, 3.05) is 20.2 Å². The molecule has 1 unspecified atom stereocenters. The Labute approximate surface area is 179 Å². The highest BCUT2D eigenvalue weighted by atomic mass is 32.1. The normalized spacial score (nSPS) is 26.8. The van der Waals surface area contributed by atoms with Crippen LogP contribution in [0.4, 0.5) is 0 Å². The van der Waals surface area contributed by atoms with Crippen LogP contribution in [0.5, 0.6) is 5.75 Å². The van der Waals surface area contributed by atoms with Gasteiger partial charge in [0.15, 0.2) is 5.66 Å². The van der Waals surface area contributed by atoms with Gasteiger partial charge in [-0.3, -0.25) is 9.88 Å². The molecule has 0 amide bonds. The number of nitrogens with one attached hydrogen (secondary N) is 1.